The van der Waals surface area contributed by atoms with Crippen molar-refractivity contribution in [1.29, 1.82) is 0 Å². The van der Waals surface area contributed by atoms with E-state index in [9.17, 15) is 0 Å². The van der Waals surface area contributed by atoms with E-state index in [4.69, 9.17) is 0 Å². The van der Waals surface area contributed by atoms with Crippen LogP contribution in [-0.2, 0) is 6.42 Å². The first-order valence-electron chi connectivity index (χ1n) is 3.95. The second-order valence-electron chi connectivity index (χ2n) is 2.99. The average Bonchev–Trinajstić information content (AvgIpc) is 2.04. The first kappa shape index (κ1) is 6.59. The number of aryl methyl sites for hydroxylation is 1. The Kier molecular flexibility index (Phi) is 1.50. The Balaban J connectivity index is 2.53. The zero-order valence-electron chi connectivity index (χ0n) is 6.67. The molecule has 1 aromatic rings. The molecule has 1 aliphatic heterocycles. The predicted molar refractivity (Wildman–Crippen MR) is 47.3 cm³/mol. The lowest BCUT2D eigenvalue weighted by Crippen LogP contribution is -2.02. The number of rotatable bonds is 0. The van der Waals surface area contributed by atoms with Crippen LogP contribution in [0.5, 0.6) is 0 Å². The molecule has 1 aromatic carbocycles. The summed E-state index contributed by atoms with van der Waals surface area (Å²) < 4.78 is 0. The van der Waals surface area contributed by atoms with Gasteiger partial charge in [-0.05, 0) is 24.5 Å². The Morgan fingerprint density at radius 3 is 3.18 bits per heavy atom. The van der Waals surface area contributed by atoms with Gasteiger partial charge in [-0.15, -0.1) is 0 Å². The molecule has 0 N–H and O–H groups in total. The maximum absolute atomic E-state index is 4.22. The summed E-state index contributed by atoms with van der Waals surface area (Å²) in [6.07, 6.45) is 3.08. The van der Waals surface area contributed by atoms with Gasteiger partial charge in [-0.25, -0.2) is 0 Å². The second kappa shape index (κ2) is 2.50. The number of hydrogen-bond donors (Lipinski definition) is 0. The summed E-state index contributed by atoms with van der Waals surface area (Å²) >= 11 is 0. The molecule has 0 saturated carbocycles. The molecule has 0 saturated heterocycles. The molecule has 1 heterocycles. The van der Waals surface area contributed by atoms with Gasteiger partial charge in [0, 0.05) is 12.8 Å². The normalized spacial score (nSPS) is 14.6. The molecule has 0 aliphatic carbocycles. The summed E-state index contributed by atoms with van der Waals surface area (Å²) in [4.78, 5) is 4.22. The molecule has 0 bridgehead atoms. The molecule has 1 heteroatoms. The van der Waals surface area contributed by atoms with Crippen LogP contribution in [0.4, 0.5) is 0 Å². The highest BCUT2D eigenvalue weighted by molar-refractivity contribution is 5.82. The van der Waals surface area contributed by atoms with Gasteiger partial charge in [0.05, 0.1) is 0 Å². The molecule has 1 aliphatic rings. The Hall–Kier alpha value is -1.11. The Morgan fingerprint density at radius 2 is 2.27 bits per heavy atom. The van der Waals surface area contributed by atoms with Crippen molar-refractivity contribution in [2.75, 3.05) is 6.54 Å². The second-order valence-corrected chi connectivity index (χ2v) is 2.99. The van der Waals surface area contributed by atoms with Crippen LogP contribution in [0.15, 0.2) is 23.2 Å². The third-order valence-corrected chi connectivity index (χ3v) is 2.04. The molecule has 0 amide bonds. The van der Waals surface area contributed by atoms with Crippen LogP contribution in [0.25, 0.3) is 0 Å². The van der Waals surface area contributed by atoms with Crippen molar-refractivity contribution in [3.05, 3.63) is 34.9 Å². The van der Waals surface area contributed by atoms with Crippen molar-refractivity contribution in [3.8, 4) is 0 Å². The minimum atomic E-state index is 0.955. The van der Waals surface area contributed by atoms with E-state index in [1.807, 2.05) is 6.21 Å². The summed E-state index contributed by atoms with van der Waals surface area (Å²) in [7, 11) is 0. The van der Waals surface area contributed by atoms with E-state index in [1.165, 1.54) is 16.7 Å². The van der Waals surface area contributed by atoms with E-state index in [0.29, 0.717) is 0 Å². The molecular weight excluding hydrogens is 134 g/mol. The molecule has 1 nitrogen and oxygen atoms in total. The van der Waals surface area contributed by atoms with Crippen LogP contribution in [0.1, 0.15) is 16.7 Å². The highest BCUT2D eigenvalue weighted by atomic mass is 14.7. The third kappa shape index (κ3) is 1.18. The summed E-state index contributed by atoms with van der Waals surface area (Å²) in [6.45, 7) is 3.09. The first-order chi connectivity index (χ1) is 5.36. The van der Waals surface area contributed by atoms with Crippen molar-refractivity contribution >= 4 is 6.21 Å². The Labute approximate surface area is 66.8 Å². The minimum Gasteiger partial charge on any atom is -0.292 e. The highest BCUT2D eigenvalue weighted by Gasteiger charge is 2.03. The van der Waals surface area contributed by atoms with Gasteiger partial charge in [0.1, 0.15) is 0 Å². The lowest BCUT2D eigenvalue weighted by atomic mass is 10.0. The fourth-order valence-electron chi connectivity index (χ4n) is 1.42. The number of aliphatic imine (C=N–C) groups is 1. The molecule has 0 unspecified atom stereocenters. The SMILES string of the molecule is Cc1ccc2c(c1)CCN=C2. The maximum atomic E-state index is 4.22. The summed E-state index contributed by atoms with van der Waals surface area (Å²) in [5, 5.41) is 0. The van der Waals surface area contributed by atoms with E-state index in [2.05, 4.69) is 30.1 Å². The Morgan fingerprint density at radius 1 is 1.36 bits per heavy atom. The zero-order chi connectivity index (χ0) is 7.68. The van der Waals surface area contributed by atoms with Crippen molar-refractivity contribution in [2.45, 2.75) is 13.3 Å². The van der Waals surface area contributed by atoms with Crippen molar-refractivity contribution < 1.29 is 0 Å². The van der Waals surface area contributed by atoms with Crippen LogP contribution >= 0.6 is 0 Å². The highest BCUT2D eigenvalue weighted by Crippen LogP contribution is 2.13. The molecule has 11 heavy (non-hydrogen) atoms. The van der Waals surface area contributed by atoms with Gasteiger partial charge in [-0.3, -0.25) is 4.99 Å². The quantitative estimate of drug-likeness (QED) is 0.529. The molecule has 0 atom stereocenters. The van der Waals surface area contributed by atoms with E-state index in [1.54, 1.807) is 0 Å². The van der Waals surface area contributed by atoms with Crippen LogP contribution in [0.2, 0.25) is 0 Å². The van der Waals surface area contributed by atoms with Crippen LogP contribution < -0.4 is 0 Å². The van der Waals surface area contributed by atoms with E-state index < -0.39 is 0 Å². The van der Waals surface area contributed by atoms with E-state index in [-0.39, 0.29) is 0 Å². The zero-order valence-corrected chi connectivity index (χ0v) is 6.67. The molecule has 0 spiro atoms. The van der Waals surface area contributed by atoms with Gasteiger partial charge >= 0.3 is 0 Å². The predicted octanol–water partition coefficient (Wildman–Crippen LogP) is 1.97. The van der Waals surface area contributed by atoms with Gasteiger partial charge in [0.25, 0.3) is 0 Å². The number of hydrogen-bond acceptors (Lipinski definition) is 1. The fourth-order valence-corrected chi connectivity index (χ4v) is 1.42. The molecule has 0 fully saturated rings. The average molecular weight is 145 g/mol. The Bertz CT molecular complexity index is 300. The smallest absolute Gasteiger partial charge is 0.0430 e. The van der Waals surface area contributed by atoms with Crippen molar-refractivity contribution in [2.24, 2.45) is 4.99 Å². The molecule has 0 aromatic heterocycles. The number of benzene rings is 1. The summed E-state index contributed by atoms with van der Waals surface area (Å²) in [6, 6.07) is 6.53. The topological polar surface area (TPSA) is 12.4 Å². The van der Waals surface area contributed by atoms with Crippen LogP contribution in [0, 0.1) is 6.92 Å². The van der Waals surface area contributed by atoms with Crippen LogP contribution in [0.3, 0.4) is 0 Å². The van der Waals surface area contributed by atoms with Gasteiger partial charge in [-0.2, -0.15) is 0 Å². The van der Waals surface area contributed by atoms with E-state index in [0.717, 1.165) is 13.0 Å². The molecule has 56 valence electrons. The van der Waals surface area contributed by atoms with Gasteiger partial charge in [0.2, 0.25) is 0 Å². The molecule has 2 rings (SSSR count). The third-order valence-electron chi connectivity index (χ3n) is 2.04. The number of nitrogens with zero attached hydrogens (tertiary/aromatic N) is 1. The fraction of sp³-hybridized carbons (Fsp3) is 0.300. The van der Waals surface area contributed by atoms with Gasteiger partial charge in [0.15, 0.2) is 0 Å². The molecular formula is C10H11N. The summed E-state index contributed by atoms with van der Waals surface area (Å²) in [5.41, 5.74) is 4.08. The lowest BCUT2D eigenvalue weighted by Gasteiger charge is -2.09. The standard InChI is InChI=1S/C10H11N/c1-8-2-3-10-7-11-5-4-9(10)6-8/h2-3,6-7H,4-5H2,1H3. The largest absolute Gasteiger partial charge is 0.292 e. The monoisotopic (exact) mass is 145 g/mol. The minimum absolute atomic E-state index is 0.955. The van der Waals surface area contributed by atoms with Crippen LogP contribution in [-0.4, -0.2) is 12.8 Å². The van der Waals surface area contributed by atoms with Gasteiger partial charge in [-0.1, -0.05) is 23.8 Å². The molecule has 0 radical (unpaired) electrons. The maximum Gasteiger partial charge on any atom is 0.0430 e. The van der Waals surface area contributed by atoms with E-state index >= 15 is 0 Å². The van der Waals surface area contributed by atoms with Gasteiger partial charge < -0.3 is 0 Å². The summed E-state index contributed by atoms with van der Waals surface area (Å²) in [5.74, 6) is 0. The lowest BCUT2D eigenvalue weighted by molar-refractivity contribution is 0.950. The first-order valence-corrected chi connectivity index (χ1v) is 3.95. The number of fused-ring (bicyclic) bond motifs is 1. The van der Waals surface area contributed by atoms with Crippen molar-refractivity contribution in [1.82, 2.24) is 0 Å². The van der Waals surface area contributed by atoms with Crippen molar-refractivity contribution in [3.63, 3.8) is 0 Å².